The Balaban J connectivity index is 1.78. The monoisotopic (exact) mass is 298 g/mol. The lowest BCUT2D eigenvalue weighted by Crippen LogP contribution is -2.00. The minimum absolute atomic E-state index is 0.239. The van der Waals surface area contributed by atoms with Gasteiger partial charge in [0, 0.05) is 49.2 Å². The molecule has 0 radical (unpaired) electrons. The molecule has 0 aliphatic rings. The van der Waals surface area contributed by atoms with Crippen molar-refractivity contribution >= 4 is 6.01 Å². The first-order valence-corrected chi connectivity index (χ1v) is 7.14. The molecule has 0 amide bonds. The molecule has 0 aromatic carbocycles. The molecule has 0 saturated heterocycles. The molecule has 1 N–H and O–H groups in total. The van der Waals surface area contributed by atoms with Gasteiger partial charge in [0.15, 0.2) is 5.82 Å². The maximum Gasteiger partial charge on any atom is 0.321 e. The van der Waals surface area contributed by atoms with Gasteiger partial charge in [-0.15, -0.1) is 0 Å². The van der Waals surface area contributed by atoms with Crippen LogP contribution in [0.5, 0.6) is 0 Å². The van der Waals surface area contributed by atoms with Gasteiger partial charge in [-0.05, 0) is 12.1 Å². The average Bonchev–Trinajstić information content (AvgIpc) is 3.12. The molecule has 0 bridgehead atoms. The normalized spacial score (nSPS) is 11.1. The van der Waals surface area contributed by atoms with Gasteiger partial charge >= 0.3 is 6.01 Å². The molecule has 7 heteroatoms. The van der Waals surface area contributed by atoms with Gasteiger partial charge in [0.05, 0.1) is 5.69 Å². The zero-order valence-electron chi connectivity index (χ0n) is 12.8. The Bertz CT molecular complexity index is 746. The number of aryl methyl sites for hydroxylation is 1. The predicted octanol–water partition coefficient (Wildman–Crippen LogP) is 2.60. The minimum atomic E-state index is 0.239. The number of pyridine rings is 1. The molecule has 0 aliphatic heterocycles. The van der Waals surface area contributed by atoms with Gasteiger partial charge < -0.3 is 9.84 Å². The Morgan fingerprint density at radius 3 is 2.91 bits per heavy atom. The first-order chi connectivity index (χ1) is 10.6. The summed E-state index contributed by atoms with van der Waals surface area (Å²) < 4.78 is 6.97. The van der Waals surface area contributed by atoms with Gasteiger partial charge in [-0.3, -0.25) is 9.67 Å². The molecule has 3 aromatic heterocycles. The molecule has 0 atom stereocenters. The molecule has 3 aromatic rings. The molecule has 0 saturated carbocycles. The van der Waals surface area contributed by atoms with Crippen LogP contribution in [0.25, 0.3) is 11.3 Å². The van der Waals surface area contributed by atoms with E-state index in [1.54, 1.807) is 17.1 Å². The van der Waals surface area contributed by atoms with E-state index in [2.05, 4.69) is 25.5 Å². The van der Waals surface area contributed by atoms with E-state index >= 15 is 0 Å². The Labute approximate surface area is 128 Å². The van der Waals surface area contributed by atoms with E-state index in [1.807, 2.05) is 39.2 Å². The number of hydrogen-bond acceptors (Lipinski definition) is 6. The summed E-state index contributed by atoms with van der Waals surface area (Å²) in [5.74, 6) is 0.935. The molecular weight excluding hydrogens is 280 g/mol. The highest BCUT2D eigenvalue weighted by atomic mass is 16.5. The summed E-state index contributed by atoms with van der Waals surface area (Å²) in [6.07, 6.45) is 5.51. The number of hydrogen-bond donors (Lipinski definition) is 1. The lowest BCUT2D eigenvalue weighted by Gasteiger charge is -2.02. The highest BCUT2D eigenvalue weighted by Crippen LogP contribution is 2.22. The number of anilines is 1. The SMILES string of the molecule is CC(C)c1noc(NCc2cn(C)nc2-c2cccnc2)n1. The Morgan fingerprint density at radius 2 is 2.23 bits per heavy atom. The topological polar surface area (TPSA) is 81.7 Å². The molecule has 0 fully saturated rings. The van der Waals surface area contributed by atoms with Crippen molar-refractivity contribution in [2.24, 2.45) is 7.05 Å². The first-order valence-electron chi connectivity index (χ1n) is 7.14. The quantitative estimate of drug-likeness (QED) is 0.779. The lowest BCUT2D eigenvalue weighted by molar-refractivity contribution is 0.419. The molecule has 0 spiro atoms. The van der Waals surface area contributed by atoms with Crippen LogP contribution >= 0.6 is 0 Å². The first kappa shape index (κ1) is 14.2. The fourth-order valence-electron chi connectivity index (χ4n) is 2.12. The van der Waals surface area contributed by atoms with E-state index in [0.717, 1.165) is 16.8 Å². The average molecular weight is 298 g/mol. The Hall–Kier alpha value is -2.70. The molecule has 0 unspecified atom stereocenters. The third-order valence-corrected chi connectivity index (χ3v) is 3.23. The summed E-state index contributed by atoms with van der Waals surface area (Å²) in [6, 6.07) is 4.31. The van der Waals surface area contributed by atoms with E-state index < -0.39 is 0 Å². The number of nitrogens with zero attached hydrogens (tertiary/aromatic N) is 5. The van der Waals surface area contributed by atoms with Gasteiger partial charge in [0.2, 0.25) is 0 Å². The van der Waals surface area contributed by atoms with Crippen molar-refractivity contribution in [2.45, 2.75) is 26.3 Å². The second-order valence-electron chi connectivity index (χ2n) is 5.38. The standard InChI is InChI=1S/C15H18N6O/c1-10(2)14-18-15(22-20-14)17-8-12-9-21(3)19-13(12)11-5-4-6-16-7-11/h4-7,9-10H,8H2,1-3H3,(H,17,18,20). The zero-order valence-corrected chi connectivity index (χ0v) is 12.8. The van der Waals surface area contributed by atoms with E-state index in [0.29, 0.717) is 18.4 Å². The summed E-state index contributed by atoms with van der Waals surface area (Å²) in [5, 5.41) is 11.6. The van der Waals surface area contributed by atoms with Crippen LogP contribution in [0, 0.1) is 0 Å². The van der Waals surface area contributed by atoms with Crippen LogP contribution in [0.15, 0.2) is 35.2 Å². The second-order valence-corrected chi connectivity index (χ2v) is 5.38. The molecule has 22 heavy (non-hydrogen) atoms. The van der Waals surface area contributed by atoms with Crippen molar-refractivity contribution in [1.29, 1.82) is 0 Å². The van der Waals surface area contributed by atoms with E-state index in [4.69, 9.17) is 4.52 Å². The van der Waals surface area contributed by atoms with E-state index in [-0.39, 0.29) is 5.92 Å². The lowest BCUT2D eigenvalue weighted by atomic mass is 10.1. The summed E-state index contributed by atoms with van der Waals surface area (Å²) in [6.45, 7) is 4.60. The molecule has 3 heterocycles. The van der Waals surface area contributed by atoms with E-state index in [1.165, 1.54) is 0 Å². The third-order valence-electron chi connectivity index (χ3n) is 3.23. The summed E-state index contributed by atoms with van der Waals surface area (Å²) in [5.41, 5.74) is 2.92. The number of rotatable bonds is 5. The van der Waals surface area contributed by atoms with Crippen LogP contribution in [-0.4, -0.2) is 24.9 Å². The van der Waals surface area contributed by atoms with Crippen molar-refractivity contribution in [3.63, 3.8) is 0 Å². The maximum atomic E-state index is 5.19. The van der Waals surface area contributed by atoms with Crippen molar-refractivity contribution in [3.8, 4) is 11.3 Å². The van der Waals surface area contributed by atoms with Crippen LogP contribution < -0.4 is 5.32 Å². The van der Waals surface area contributed by atoms with Crippen LogP contribution in [0.1, 0.15) is 31.2 Å². The molecule has 3 rings (SSSR count). The van der Waals surface area contributed by atoms with Crippen LogP contribution in [0.4, 0.5) is 6.01 Å². The fourth-order valence-corrected chi connectivity index (χ4v) is 2.12. The molecular formula is C15H18N6O. The van der Waals surface area contributed by atoms with Gasteiger partial charge in [-0.2, -0.15) is 10.1 Å². The highest BCUT2D eigenvalue weighted by Gasteiger charge is 2.13. The number of nitrogens with one attached hydrogen (secondary N) is 1. The van der Waals surface area contributed by atoms with Crippen molar-refractivity contribution in [1.82, 2.24) is 24.9 Å². The van der Waals surface area contributed by atoms with Gasteiger partial charge in [-0.1, -0.05) is 19.0 Å². The zero-order chi connectivity index (χ0) is 15.5. The highest BCUT2D eigenvalue weighted by molar-refractivity contribution is 5.61. The Morgan fingerprint density at radius 1 is 1.36 bits per heavy atom. The third kappa shape index (κ3) is 2.98. The van der Waals surface area contributed by atoms with Crippen LogP contribution in [0.2, 0.25) is 0 Å². The summed E-state index contributed by atoms with van der Waals surface area (Å²) >= 11 is 0. The summed E-state index contributed by atoms with van der Waals surface area (Å²) in [4.78, 5) is 8.45. The number of aromatic nitrogens is 5. The smallest absolute Gasteiger partial charge is 0.321 e. The van der Waals surface area contributed by atoms with Crippen molar-refractivity contribution in [3.05, 3.63) is 42.1 Å². The van der Waals surface area contributed by atoms with Gasteiger partial charge in [-0.25, -0.2) is 0 Å². The van der Waals surface area contributed by atoms with E-state index in [9.17, 15) is 0 Å². The van der Waals surface area contributed by atoms with Gasteiger partial charge in [0.1, 0.15) is 0 Å². The largest absolute Gasteiger partial charge is 0.334 e. The Kier molecular flexibility index (Phi) is 3.86. The molecule has 114 valence electrons. The minimum Gasteiger partial charge on any atom is -0.334 e. The van der Waals surface area contributed by atoms with Gasteiger partial charge in [0.25, 0.3) is 0 Å². The van der Waals surface area contributed by atoms with Crippen LogP contribution in [-0.2, 0) is 13.6 Å². The maximum absolute atomic E-state index is 5.19. The molecule has 0 aliphatic carbocycles. The predicted molar refractivity (Wildman–Crippen MR) is 82.2 cm³/mol. The van der Waals surface area contributed by atoms with Crippen molar-refractivity contribution < 1.29 is 4.52 Å². The molecule has 7 nitrogen and oxygen atoms in total. The summed E-state index contributed by atoms with van der Waals surface area (Å²) in [7, 11) is 1.90. The van der Waals surface area contributed by atoms with Crippen LogP contribution in [0.3, 0.4) is 0 Å². The fraction of sp³-hybridized carbons (Fsp3) is 0.333. The van der Waals surface area contributed by atoms with Crippen molar-refractivity contribution in [2.75, 3.05) is 5.32 Å². The second kappa shape index (κ2) is 5.97.